The van der Waals surface area contributed by atoms with Gasteiger partial charge in [-0.15, -0.1) is 0 Å². The van der Waals surface area contributed by atoms with Gasteiger partial charge in [0, 0.05) is 22.8 Å². The molecule has 20 heavy (non-hydrogen) atoms. The van der Waals surface area contributed by atoms with Crippen LogP contribution in [0.4, 0.5) is 0 Å². The number of nitriles is 1. The third kappa shape index (κ3) is 2.78. The fraction of sp³-hybridized carbons (Fsp3) is 0.375. The summed E-state index contributed by atoms with van der Waals surface area (Å²) in [6.07, 6.45) is 5.06. The quantitative estimate of drug-likeness (QED) is 0.891. The van der Waals surface area contributed by atoms with Crippen LogP contribution in [0, 0.1) is 17.2 Å². The SMILES string of the molecule is CCC(C)C(C#N)(Cc1cnc[nH]1)c1cccc(Br)c1. The zero-order valence-corrected chi connectivity index (χ0v) is 13.3. The van der Waals surface area contributed by atoms with Crippen LogP contribution in [-0.4, -0.2) is 9.97 Å². The maximum absolute atomic E-state index is 9.92. The monoisotopic (exact) mass is 331 g/mol. The van der Waals surface area contributed by atoms with Crippen molar-refractivity contribution >= 4 is 15.9 Å². The summed E-state index contributed by atoms with van der Waals surface area (Å²) in [5, 5.41) is 9.92. The lowest BCUT2D eigenvalue weighted by Crippen LogP contribution is -2.34. The van der Waals surface area contributed by atoms with E-state index in [1.54, 1.807) is 12.5 Å². The van der Waals surface area contributed by atoms with Crippen molar-refractivity contribution in [3.05, 3.63) is 52.5 Å². The second-order valence-corrected chi connectivity index (χ2v) is 6.07. The van der Waals surface area contributed by atoms with Crippen LogP contribution in [0.3, 0.4) is 0 Å². The fourth-order valence-electron chi connectivity index (χ4n) is 2.57. The molecule has 0 radical (unpaired) electrons. The topological polar surface area (TPSA) is 52.5 Å². The van der Waals surface area contributed by atoms with Gasteiger partial charge in [-0.3, -0.25) is 0 Å². The molecule has 0 amide bonds. The van der Waals surface area contributed by atoms with Crippen molar-refractivity contribution in [1.82, 2.24) is 9.97 Å². The third-order valence-corrected chi connectivity index (χ3v) is 4.51. The summed E-state index contributed by atoms with van der Waals surface area (Å²) in [5.74, 6) is 0.255. The minimum Gasteiger partial charge on any atom is -0.348 e. The van der Waals surface area contributed by atoms with Gasteiger partial charge in [-0.25, -0.2) is 4.98 Å². The Morgan fingerprint density at radius 2 is 2.30 bits per heavy atom. The lowest BCUT2D eigenvalue weighted by molar-refractivity contribution is 0.351. The maximum Gasteiger partial charge on any atom is 0.0921 e. The second-order valence-electron chi connectivity index (χ2n) is 5.16. The molecule has 1 aromatic carbocycles. The molecular weight excluding hydrogens is 314 g/mol. The first kappa shape index (κ1) is 14.8. The Bertz CT molecular complexity index is 600. The number of H-pyrrole nitrogens is 1. The average Bonchev–Trinajstić information content (AvgIpc) is 2.96. The van der Waals surface area contributed by atoms with Gasteiger partial charge in [0.1, 0.15) is 0 Å². The number of nitrogens with zero attached hydrogens (tertiary/aromatic N) is 2. The molecule has 0 aliphatic carbocycles. The molecule has 2 atom stereocenters. The van der Waals surface area contributed by atoms with E-state index in [-0.39, 0.29) is 5.92 Å². The summed E-state index contributed by atoms with van der Waals surface area (Å²) < 4.78 is 1.00. The predicted octanol–water partition coefficient (Wildman–Crippen LogP) is 4.22. The number of halogens is 1. The molecule has 3 nitrogen and oxygen atoms in total. The molecule has 0 bridgehead atoms. The zero-order chi connectivity index (χ0) is 14.6. The molecule has 0 aliphatic heterocycles. The number of imidazole rings is 1. The van der Waals surface area contributed by atoms with Crippen LogP contribution in [-0.2, 0) is 11.8 Å². The largest absolute Gasteiger partial charge is 0.348 e. The van der Waals surface area contributed by atoms with E-state index in [1.807, 2.05) is 24.3 Å². The molecule has 1 N–H and O–H groups in total. The van der Waals surface area contributed by atoms with E-state index in [9.17, 15) is 5.26 Å². The first-order valence-corrected chi connectivity index (χ1v) is 7.56. The number of rotatable bonds is 5. The zero-order valence-electron chi connectivity index (χ0n) is 11.7. The van der Waals surface area contributed by atoms with Gasteiger partial charge < -0.3 is 4.98 Å². The molecule has 0 saturated heterocycles. The van der Waals surface area contributed by atoms with Gasteiger partial charge in [0.15, 0.2) is 0 Å². The molecule has 1 heterocycles. The van der Waals surface area contributed by atoms with Crippen LogP contribution in [0.2, 0.25) is 0 Å². The van der Waals surface area contributed by atoms with E-state index in [1.165, 1.54) is 0 Å². The lowest BCUT2D eigenvalue weighted by Gasteiger charge is -2.32. The van der Waals surface area contributed by atoms with Crippen molar-refractivity contribution in [2.45, 2.75) is 32.1 Å². The molecule has 2 unspecified atom stereocenters. The standard InChI is InChI=1S/C16H18BrN3/c1-3-12(2)16(10-18,8-15-9-19-11-20-15)13-5-4-6-14(17)7-13/h4-7,9,11-12H,3,8H2,1-2H3,(H,19,20). The van der Waals surface area contributed by atoms with E-state index < -0.39 is 5.41 Å². The first-order valence-electron chi connectivity index (χ1n) is 6.77. The van der Waals surface area contributed by atoms with Crippen molar-refractivity contribution < 1.29 is 0 Å². The van der Waals surface area contributed by atoms with E-state index in [0.29, 0.717) is 6.42 Å². The van der Waals surface area contributed by atoms with E-state index in [4.69, 9.17) is 0 Å². The summed E-state index contributed by atoms with van der Waals surface area (Å²) in [7, 11) is 0. The van der Waals surface area contributed by atoms with Gasteiger partial charge in [0.05, 0.1) is 17.8 Å². The van der Waals surface area contributed by atoms with E-state index in [2.05, 4.69) is 45.8 Å². The van der Waals surface area contributed by atoms with Gasteiger partial charge in [0.25, 0.3) is 0 Å². The Kier molecular flexibility index (Phi) is 4.61. The summed E-state index contributed by atoms with van der Waals surface area (Å²) >= 11 is 3.50. The highest BCUT2D eigenvalue weighted by Gasteiger charge is 2.38. The van der Waals surface area contributed by atoms with Crippen molar-refractivity contribution in [1.29, 1.82) is 5.26 Å². The van der Waals surface area contributed by atoms with E-state index >= 15 is 0 Å². The van der Waals surface area contributed by atoms with Crippen molar-refractivity contribution in [2.75, 3.05) is 0 Å². The molecule has 1 aromatic heterocycles. The first-order chi connectivity index (χ1) is 9.62. The number of hydrogen-bond donors (Lipinski definition) is 1. The second kappa shape index (κ2) is 6.23. The number of benzene rings is 1. The predicted molar refractivity (Wildman–Crippen MR) is 83.2 cm³/mol. The molecule has 104 valence electrons. The molecular formula is C16H18BrN3. The summed E-state index contributed by atoms with van der Waals surface area (Å²) in [4.78, 5) is 7.18. The minimum atomic E-state index is -0.537. The Morgan fingerprint density at radius 3 is 2.85 bits per heavy atom. The highest BCUT2D eigenvalue weighted by molar-refractivity contribution is 9.10. The van der Waals surface area contributed by atoms with E-state index in [0.717, 1.165) is 22.2 Å². The molecule has 0 saturated carbocycles. The smallest absolute Gasteiger partial charge is 0.0921 e. The maximum atomic E-state index is 9.92. The molecule has 2 aromatic rings. The number of hydrogen-bond acceptors (Lipinski definition) is 2. The Morgan fingerprint density at radius 1 is 1.50 bits per heavy atom. The van der Waals surface area contributed by atoms with Crippen molar-refractivity contribution in [3.8, 4) is 6.07 Å². The van der Waals surface area contributed by atoms with Crippen molar-refractivity contribution in [2.24, 2.45) is 5.92 Å². The summed E-state index contributed by atoms with van der Waals surface area (Å²) in [5.41, 5.74) is 1.51. The van der Waals surface area contributed by atoms with Crippen molar-refractivity contribution in [3.63, 3.8) is 0 Å². The number of aromatic amines is 1. The normalized spacial score (nSPS) is 15.3. The van der Waals surface area contributed by atoms with Gasteiger partial charge >= 0.3 is 0 Å². The van der Waals surface area contributed by atoms with Crippen LogP contribution in [0.25, 0.3) is 0 Å². The van der Waals surface area contributed by atoms with Gasteiger partial charge in [-0.2, -0.15) is 5.26 Å². The van der Waals surface area contributed by atoms with Gasteiger partial charge in [-0.05, 0) is 23.6 Å². The highest BCUT2D eigenvalue weighted by Crippen LogP contribution is 2.37. The Hall–Kier alpha value is -1.60. The minimum absolute atomic E-state index is 0.255. The number of nitrogens with one attached hydrogen (secondary N) is 1. The van der Waals surface area contributed by atoms with Crippen LogP contribution in [0.15, 0.2) is 41.3 Å². The highest BCUT2D eigenvalue weighted by atomic mass is 79.9. The molecule has 4 heteroatoms. The summed E-state index contributed by atoms with van der Waals surface area (Å²) in [6, 6.07) is 10.6. The summed E-state index contributed by atoms with van der Waals surface area (Å²) in [6.45, 7) is 4.27. The molecule has 0 spiro atoms. The van der Waals surface area contributed by atoms with Crippen LogP contribution in [0.1, 0.15) is 31.5 Å². The number of aromatic nitrogens is 2. The lowest BCUT2D eigenvalue weighted by atomic mass is 9.68. The molecule has 2 rings (SSSR count). The van der Waals surface area contributed by atoms with Crippen LogP contribution in [0.5, 0.6) is 0 Å². The third-order valence-electron chi connectivity index (χ3n) is 4.02. The Balaban J connectivity index is 2.50. The van der Waals surface area contributed by atoms with Crippen LogP contribution >= 0.6 is 15.9 Å². The van der Waals surface area contributed by atoms with Crippen LogP contribution < -0.4 is 0 Å². The van der Waals surface area contributed by atoms with Gasteiger partial charge in [-0.1, -0.05) is 48.3 Å². The Labute approximate surface area is 128 Å². The van der Waals surface area contributed by atoms with Gasteiger partial charge in [0.2, 0.25) is 0 Å². The molecule has 0 fully saturated rings. The average molecular weight is 332 g/mol. The molecule has 0 aliphatic rings. The fourth-order valence-corrected chi connectivity index (χ4v) is 2.97.